The first-order chi connectivity index (χ1) is 8.48. The summed E-state index contributed by atoms with van der Waals surface area (Å²) in [6.07, 6.45) is 0.885. The fraction of sp³-hybridized carbons (Fsp3) is 0.333. The number of benzene rings is 1. The number of carbonyl (C=O) groups excluding carboxylic acids is 1. The zero-order chi connectivity index (χ0) is 13.3. The summed E-state index contributed by atoms with van der Waals surface area (Å²) in [5.41, 5.74) is 5.09. The summed E-state index contributed by atoms with van der Waals surface area (Å²) < 4.78 is 5.00. The van der Waals surface area contributed by atoms with Crippen LogP contribution in [0, 0.1) is 0 Å². The van der Waals surface area contributed by atoms with Gasteiger partial charge in [-0.25, -0.2) is 4.79 Å². The lowest BCUT2D eigenvalue weighted by atomic mass is 10.1. The number of hydrogen-bond acceptors (Lipinski definition) is 4. The molecule has 1 aromatic carbocycles. The molecular weight excluding hydrogens is 236 g/mol. The van der Waals surface area contributed by atoms with Gasteiger partial charge in [0.25, 0.3) is 5.91 Å². The van der Waals surface area contributed by atoms with Crippen LogP contribution in [-0.2, 0) is 4.79 Å². The molecule has 0 atom stereocenters. The molecule has 0 bridgehead atoms. The first kappa shape index (κ1) is 12.2. The van der Waals surface area contributed by atoms with E-state index in [9.17, 15) is 9.59 Å². The molecular formula is C12H14N2O4. The van der Waals surface area contributed by atoms with Crippen molar-refractivity contribution in [3.63, 3.8) is 0 Å². The molecule has 6 nitrogen and oxygen atoms in total. The zero-order valence-electron chi connectivity index (χ0n) is 9.90. The second kappa shape index (κ2) is 4.21. The van der Waals surface area contributed by atoms with Crippen molar-refractivity contribution in [1.29, 1.82) is 0 Å². The summed E-state index contributed by atoms with van der Waals surface area (Å²) in [6.45, 7) is 0. The second-order valence-corrected chi connectivity index (χ2v) is 4.29. The quantitative estimate of drug-likeness (QED) is 0.680. The topological polar surface area (TPSA) is 102 Å². The average Bonchev–Trinajstić information content (AvgIpc) is 3.10. The van der Waals surface area contributed by atoms with Crippen molar-refractivity contribution in [2.24, 2.45) is 0 Å². The normalized spacial score (nSPS) is 15.8. The summed E-state index contributed by atoms with van der Waals surface area (Å²) in [5.74, 6) is -1.02. The minimum absolute atomic E-state index is 0.224. The van der Waals surface area contributed by atoms with E-state index < -0.39 is 17.4 Å². The van der Waals surface area contributed by atoms with Gasteiger partial charge in [0.1, 0.15) is 11.3 Å². The van der Waals surface area contributed by atoms with Crippen molar-refractivity contribution in [2.45, 2.75) is 18.4 Å². The molecule has 0 saturated heterocycles. The summed E-state index contributed by atoms with van der Waals surface area (Å²) in [5, 5.41) is 11.5. The monoisotopic (exact) mass is 250 g/mol. The lowest BCUT2D eigenvalue weighted by molar-refractivity contribution is -0.140. The third-order valence-corrected chi connectivity index (χ3v) is 3.02. The van der Waals surface area contributed by atoms with Crippen LogP contribution in [0.4, 0.5) is 5.69 Å². The van der Waals surface area contributed by atoms with E-state index in [1.54, 1.807) is 12.1 Å². The second-order valence-electron chi connectivity index (χ2n) is 4.29. The first-order valence-corrected chi connectivity index (χ1v) is 5.48. The van der Waals surface area contributed by atoms with Crippen LogP contribution in [0.25, 0.3) is 0 Å². The van der Waals surface area contributed by atoms with E-state index in [0.717, 1.165) is 0 Å². The van der Waals surface area contributed by atoms with Crippen LogP contribution >= 0.6 is 0 Å². The molecule has 4 N–H and O–H groups in total. The first-order valence-electron chi connectivity index (χ1n) is 5.48. The van der Waals surface area contributed by atoms with Gasteiger partial charge in [0.2, 0.25) is 0 Å². The molecule has 2 rings (SSSR count). The van der Waals surface area contributed by atoms with Gasteiger partial charge in [0.15, 0.2) is 0 Å². The van der Waals surface area contributed by atoms with Crippen LogP contribution in [0.15, 0.2) is 18.2 Å². The summed E-state index contributed by atoms with van der Waals surface area (Å²) in [7, 11) is 1.48. The maximum atomic E-state index is 12.0. The van der Waals surface area contributed by atoms with Gasteiger partial charge in [0.05, 0.1) is 12.7 Å². The van der Waals surface area contributed by atoms with Gasteiger partial charge in [-0.2, -0.15) is 0 Å². The summed E-state index contributed by atoms with van der Waals surface area (Å²) in [4.78, 5) is 23.0. The maximum absolute atomic E-state index is 12.0. The number of carboxylic acid groups (broad SMARTS) is 1. The van der Waals surface area contributed by atoms with E-state index in [1.807, 2.05) is 0 Å². The van der Waals surface area contributed by atoms with Crippen molar-refractivity contribution in [1.82, 2.24) is 5.32 Å². The Labute approximate surface area is 104 Å². The van der Waals surface area contributed by atoms with Crippen molar-refractivity contribution < 1.29 is 19.4 Å². The number of rotatable bonds is 4. The third-order valence-electron chi connectivity index (χ3n) is 3.02. The molecule has 0 spiro atoms. The molecule has 0 radical (unpaired) electrons. The number of ether oxygens (including phenoxy) is 1. The molecule has 1 aliphatic rings. The minimum Gasteiger partial charge on any atom is -0.497 e. The Morgan fingerprint density at radius 2 is 2.11 bits per heavy atom. The highest BCUT2D eigenvalue weighted by Gasteiger charge is 2.51. The molecule has 1 fully saturated rings. The SMILES string of the molecule is COc1ccc(N)c(C(=O)NC2(C(=O)O)CC2)c1. The number of carboxylic acids is 1. The van der Waals surface area contributed by atoms with Crippen molar-refractivity contribution in [3.8, 4) is 5.75 Å². The number of anilines is 1. The lowest BCUT2D eigenvalue weighted by Crippen LogP contribution is -2.43. The summed E-state index contributed by atoms with van der Waals surface area (Å²) in [6, 6.07) is 4.67. The molecule has 1 amide bonds. The van der Waals surface area contributed by atoms with E-state index in [4.69, 9.17) is 15.6 Å². The Hall–Kier alpha value is -2.24. The standard InChI is InChI=1S/C12H14N2O4/c1-18-7-2-3-9(13)8(6-7)10(15)14-12(4-5-12)11(16)17/h2-3,6H,4-5,13H2,1H3,(H,14,15)(H,16,17). The molecule has 0 heterocycles. The smallest absolute Gasteiger partial charge is 0.329 e. The maximum Gasteiger partial charge on any atom is 0.329 e. The number of hydrogen-bond donors (Lipinski definition) is 3. The van der Waals surface area contributed by atoms with Crippen LogP contribution in [0.2, 0.25) is 0 Å². The molecule has 1 aliphatic carbocycles. The zero-order valence-corrected chi connectivity index (χ0v) is 9.90. The molecule has 1 saturated carbocycles. The van der Waals surface area contributed by atoms with Gasteiger partial charge in [-0.15, -0.1) is 0 Å². The Kier molecular flexibility index (Phi) is 2.86. The number of methoxy groups -OCH3 is 1. The predicted octanol–water partition coefficient (Wildman–Crippen LogP) is 0.624. The Balaban J connectivity index is 2.21. The van der Waals surface area contributed by atoms with Crippen LogP contribution in [0.1, 0.15) is 23.2 Å². The van der Waals surface area contributed by atoms with Gasteiger partial charge in [-0.3, -0.25) is 4.79 Å². The fourth-order valence-electron chi connectivity index (χ4n) is 1.66. The highest BCUT2D eigenvalue weighted by molar-refractivity contribution is 6.02. The number of amides is 1. The van der Waals surface area contributed by atoms with E-state index >= 15 is 0 Å². The molecule has 6 heteroatoms. The molecule has 1 aromatic rings. The van der Waals surface area contributed by atoms with Gasteiger partial charge >= 0.3 is 5.97 Å². The van der Waals surface area contributed by atoms with Crippen LogP contribution in [-0.4, -0.2) is 29.6 Å². The molecule has 18 heavy (non-hydrogen) atoms. The molecule has 96 valence electrons. The van der Waals surface area contributed by atoms with Gasteiger partial charge < -0.3 is 20.9 Å². The van der Waals surface area contributed by atoms with Crippen molar-refractivity contribution in [3.05, 3.63) is 23.8 Å². The Morgan fingerprint density at radius 1 is 1.44 bits per heavy atom. The average molecular weight is 250 g/mol. The van der Waals surface area contributed by atoms with Crippen molar-refractivity contribution >= 4 is 17.6 Å². The van der Waals surface area contributed by atoms with Gasteiger partial charge in [0, 0.05) is 5.69 Å². The minimum atomic E-state index is -1.12. The lowest BCUT2D eigenvalue weighted by Gasteiger charge is -2.14. The number of nitrogens with two attached hydrogens (primary N) is 1. The fourth-order valence-corrected chi connectivity index (χ4v) is 1.66. The molecule has 0 aliphatic heterocycles. The third kappa shape index (κ3) is 2.09. The van der Waals surface area contributed by atoms with Crippen molar-refractivity contribution in [2.75, 3.05) is 12.8 Å². The van der Waals surface area contributed by atoms with E-state index in [0.29, 0.717) is 18.6 Å². The van der Waals surface area contributed by atoms with Crippen LogP contribution < -0.4 is 15.8 Å². The summed E-state index contributed by atoms with van der Waals surface area (Å²) >= 11 is 0. The highest BCUT2D eigenvalue weighted by atomic mass is 16.5. The van der Waals surface area contributed by atoms with E-state index in [1.165, 1.54) is 13.2 Å². The predicted molar refractivity (Wildman–Crippen MR) is 64.5 cm³/mol. The van der Waals surface area contributed by atoms with E-state index in [-0.39, 0.29) is 11.3 Å². The van der Waals surface area contributed by atoms with Crippen LogP contribution in [0.5, 0.6) is 5.75 Å². The Bertz CT molecular complexity index is 509. The number of carbonyl (C=O) groups is 2. The Morgan fingerprint density at radius 3 is 2.61 bits per heavy atom. The number of nitrogen functional groups attached to an aromatic ring is 1. The largest absolute Gasteiger partial charge is 0.497 e. The number of nitrogens with one attached hydrogen (secondary N) is 1. The van der Waals surface area contributed by atoms with E-state index in [2.05, 4.69) is 5.32 Å². The number of aliphatic carboxylic acids is 1. The van der Waals surface area contributed by atoms with Crippen LogP contribution in [0.3, 0.4) is 0 Å². The molecule has 0 unspecified atom stereocenters. The highest BCUT2D eigenvalue weighted by Crippen LogP contribution is 2.36. The molecule has 0 aromatic heterocycles. The van der Waals surface area contributed by atoms with Gasteiger partial charge in [-0.05, 0) is 31.0 Å². The van der Waals surface area contributed by atoms with Gasteiger partial charge in [-0.1, -0.05) is 0 Å².